The van der Waals surface area contributed by atoms with Crippen molar-refractivity contribution in [3.05, 3.63) is 53.1 Å². The summed E-state index contributed by atoms with van der Waals surface area (Å²) < 4.78 is 11.0. The molecule has 0 atom stereocenters. The maximum absolute atomic E-state index is 12.3. The minimum absolute atomic E-state index is 0.118. The highest BCUT2D eigenvalue weighted by atomic mass is 32.2. The Morgan fingerprint density at radius 3 is 2.56 bits per heavy atom. The highest BCUT2D eigenvalue weighted by molar-refractivity contribution is 7.99. The van der Waals surface area contributed by atoms with Gasteiger partial charge in [-0.1, -0.05) is 41.6 Å². The summed E-state index contributed by atoms with van der Waals surface area (Å²) in [5, 5.41) is 11.3. The van der Waals surface area contributed by atoms with Crippen LogP contribution in [0.5, 0.6) is 5.75 Å². The van der Waals surface area contributed by atoms with E-state index in [1.54, 1.807) is 7.11 Å². The first-order chi connectivity index (χ1) is 13.0. The zero-order valence-corrected chi connectivity index (χ0v) is 16.5. The van der Waals surface area contributed by atoms with Gasteiger partial charge in [0.15, 0.2) is 0 Å². The van der Waals surface area contributed by atoms with Crippen molar-refractivity contribution in [3.8, 4) is 17.2 Å². The Labute approximate surface area is 162 Å². The van der Waals surface area contributed by atoms with E-state index in [1.165, 1.54) is 17.3 Å². The van der Waals surface area contributed by atoms with Gasteiger partial charge in [-0.2, -0.15) is 0 Å². The molecule has 0 aliphatic carbocycles. The average Bonchev–Trinajstić information content (AvgIpc) is 3.11. The number of nitrogens with zero attached hydrogens (tertiary/aromatic N) is 2. The quantitative estimate of drug-likeness (QED) is 0.636. The van der Waals surface area contributed by atoms with Gasteiger partial charge in [0.05, 0.1) is 18.4 Å². The number of hydrogen-bond acceptors (Lipinski definition) is 6. The van der Waals surface area contributed by atoms with Crippen molar-refractivity contribution in [2.24, 2.45) is 0 Å². The predicted octanol–water partition coefficient (Wildman–Crippen LogP) is 4.40. The van der Waals surface area contributed by atoms with Crippen LogP contribution in [-0.4, -0.2) is 29.0 Å². The maximum Gasteiger partial charge on any atom is 0.277 e. The number of anilines is 1. The Bertz CT molecular complexity index is 946. The molecule has 3 aromatic rings. The molecule has 0 aliphatic rings. The fraction of sp³-hybridized carbons (Fsp3) is 0.250. The van der Waals surface area contributed by atoms with E-state index < -0.39 is 0 Å². The van der Waals surface area contributed by atoms with Crippen molar-refractivity contribution in [2.45, 2.75) is 26.0 Å². The summed E-state index contributed by atoms with van der Waals surface area (Å²) in [6.07, 6.45) is 0. The van der Waals surface area contributed by atoms with Gasteiger partial charge in [0.1, 0.15) is 5.75 Å². The van der Waals surface area contributed by atoms with Crippen LogP contribution < -0.4 is 10.1 Å². The van der Waals surface area contributed by atoms with Crippen LogP contribution in [0, 0.1) is 20.8 Å². The van der Waals surface area contributed by atoms with E-state index in [2.05, 4.69) is 15.5 Å². The Hall–Kier alpha value is -2.80. The number of thioether (sulfide) groups is 1. The molecule has 0 aliphatic heterocycles. The van der Waals surface area contributed by atoms with Crippen LogP contribution in [0.1, 0.15) is 16.7 Å². The average molecular weight is 383 g/mol. The number of aryl methyl sites for hydroxylation is 3. The molecule has 0 bridgehead atoms. The van der Waals surface area contributed by atoms with Crippen LogP contribution in [0.15, 0.2) is 46.0 Å². The molecule has 1 aromatic heterocycles. The molecule has 7 heteroatoms. The maximum atomic E-state index is 12.3. The van der Waals surface area contributed by atoms with Crippen LogP contribution in [0.3, 0.4) is 0 Å². The molecule has 0 fully saturated rings. The summed E-state index contributed by atoms with van der Waals surface area (Å²) in [6.45, 7) is 6.01. The van der Waals surface area contributed by atoms with Crippen molar-refractivity contribution in [1.29, 1.82) is 0 Å². The van der Waals surface area contributed by atoms with Crippen molar-refractivity contribution in [1.82, 2.24) is 10.2 Å². The minimum Gasteiger partial charge on any atom is -0.496 e. The number of ether oxygens (including phenoxy) is 1. The van der Waals surface area contributed by atoms with Gasteiger partial charge in [-0.3, -0.25) is 4.79 Å². The summed E-state index contributed by atoms with van der Waals surface area (Å²) in [5.41, 5.74) is 4.83. The highest BCUT2D eigenvalue weighted by Crippen LogP contribution is 2.30. The second-order valence-corrected chi connectivity index (χ2v) is 7.11. The third-order valence-corrected chi connectivity index (χ3v) is 4.83. The lowest BCUT2D eigenvalue weighted by Gasteiger charge is -2.12. The van der Waals surface area contributed by atoms with Crippen LogP contribution in [0.2, 0.25) is 0 Å². The molecule has 1 heterocycles. The smallest absolute Gasteiger partial charge is 0.277 e. The number of nitrogens with one attached hydrogen (secondary N) is 1. The fourth-order valence-corrected chi connectivity index (χ4v) is 3.44. The van der Waals surface area contributed by atoms with E-state index in [0.29, 0.717) is 16.9 Å². The van der Waals surface area contributed by atoms with Gasteiger partial charge in [-0.25, -0.2) is 0 Å². The normalized spacial score (nSPS) is 10.7. The van der Waals surface area contributed by atoms with Gasteiger partial charge in [0, 0.05) is 5.69 Å². The number of amides is 1. The topological polar surface area (TPSA) is 77.2 Å². The SMILES string of the molecule is COc1ccccc1-c1nnc(SCC(=O)Nc2c(C)cc(C)cc2C)o1. The summed E-state index contributed by atoms with van der Waals surface area (Å²) in [5.74, 6) is 1.08. The van der Waals surface area contributed by atoms with Crippen molar-refractivity contribution >= 4 is 23.4 Å². The van der Waals surface area contributed by atoms with Gasteiger partial charge < -0.3 is 14.5 Å². The van der Waals surface area contributed by atoms with E-state index in [1.807, 2.05) is 57.2 Å². The molecule has 140 valence electrons. The number of aromatic nitrogens is 2. The standard InChI is InChI=1S/C20H21N3O3S/c1-12-9-13(2)18(14(3)10-12)21-17(24)11-27-20-23-22-19(26-20)15-7-5-6-8-16(15)25-4/h5-10H,11H2,1-4H3,(H,21,24). The third-order valence-electron chi connectivity index (χ3n) is 4.01. The fourth-order valence-electron chi connectivity index (χ4n) is 2.88. The first-order valence-electron chi connectivity index (χ1n) is 8.45. The molecular formula is C20H21N3O3S. The zero-order valence-electron chi connectivity index (χ0n) is 15.7. The molecule has 0 saturated carbocycles. The van der Waals surface area contributed by atoms with Crippen molar-refractivity contribution in [2.75, 3.05) is 18.2 Å². The lowest BCUT2D eigenvalue weighted by molar-refractivity contribution is -0.113. The number of benzene rings is 2. The molecule has 0 unspecified atom stereocenters. The Kier molecular flexibility index (Phi) is 5.81. The van der Waals surface area contributed by atoms with E-state index in [0.717, 1.165) is 22.4 Å². The number of carbonyl (C=O) groups excluding carboxylic acids is 1. The molecule has 1 amide bonds. The predicted molar refractivity (Wildman–Crippen MR) is 106 cm³/mol. The van der Waals surface area contributed by atoms with E-state index in [9.17, 15) is 4.79 Å². The Morgan fingerprint density at radius 1 is 1.15 bits per heavy atom. The van der Waals surface area contributed by atoms with Crippen LogP contribution in [0.4, 0.5) is 5.69 Å². The van der Waals surface area contributed by atoms with Crippen LogP contribution in [0.25, 0.3) is 11.5 Å². The number of rotatable bonds is 6. The molecule has 3 rings (SSSR count). The summed E-state index contributed by atoms with van der Waals surface area (Å²) in [4.78, 5) is 12.3. The van der Waals surface area contributed by atoms with Gasteiger partial charge in [-0.15, -0.1) is 10.2 Å². The third kappa shape index (κ3) is 4.49. The van der Waals surface area contributed by atoms with Crippen molar-refractivity contribution in [3.63, 3.8) is 0 Å². The summed E-state index contributed by atoms with van der Waals surface area (Å²) >= 11 is 1.20. The van der Waals surface area contributed by atoms with Gasteiger partial charge in [0.2, 0.25) is 5.91 Å². The molecular weight excluding hydrogens is 362 g/mol. The van der Waals surface area contributed by atoms with Gasteiger partial charge in [-0.05, 0) is 44.0 Å². The molecule has 0 saturated heterocycles. The van der Waals surface area contributed by atoms with Gasteiger partial charge >= 0.3 is 0 Å². The first-order valence-corrected chi connectivity index (χ1v) is 9.44. The number of hydrogen-bond donors (Lipinski definition) is 1. The Morgan fingerprint density at radius 2 is 1.85 bits per heavy atom. The summed E-state index contributed by atoms with van der Waals surface area (Å²) in [6, 6.07) is 11.5. The van der Waals surface area contributed by atoms with Crippen LogP contribution in [-0.2, 0) is 4.79 Å². The lowest BCUT2D eigenvalue weighted by Crippen LogP contribution is -2.15. The molecule has 0 spiro atoms. The molecule has 2 aromatic carbocycles. The first kappa shape index (κ1) is 19.0. The molecule has 6 nitrogen and oxygen atoms in total. The van der Waals surface area contributed by atoms with Crippen molar-refractivity contribution < 1.29 is 13.9 Å². The van der Waals surface area contributed by atoms with Crippen LogP contribution >= 0.6 is 11.8 Å². The second kappa shape index (κ2) is 8.26. The molecule has 27 heavy (non-hydrogen) atoms. The number of para-hydroxylation sites is 1. The van der Waals surface area contributed by atoms with Gasteiger partial charge in [0.25, 0.3) is 11.1 Å². The summed E-state index contributed by atoms with van der Waals surface area (Å²) in [7, 11) is 1.59. The number of carbonyl (C=O) groups is 1. The van der Waals surface area contributed by atoms with E-state index >= 15 is 0 Å². The van der Waals surface area contributed by atoms with E-state index in [4.69, 9.17) is 9.15 Å². The number of methoxy groups -OCH3 is 1. The molecule has 0 radical (unpaired) electrons. The zero-order chi connectivity index (χ0) is 19.4. The van der Waals surface area contributed by atoms with E-state index in [-0.39, 0.29) is 11.7 Å². The molecule has 1 N–H and O–H groups in total. The second-order valence-electron chi connectivity index (χ2n) is 6.18. The minimum atomic E-state index is -0.118. The largest absolute Gasteiger partial charge is 0.496 e. The Balaban J connectivity index is 1.64. The monoisotopic (exact) mass is 383 g/mol. The lowest BCUT2D eigenvalue weighted by atomic mass is 10.1. The highest BCUT2D eigenvalue weighted by Gasteiger charge is 2.15.